The Bertz CT molecular complexity index is 350. The molecular formula is C11H13FO3. The Morgan fingerprint density at radius 1 is 1.53 bits per heavy atom. The minimum atomic E-state index is -0.636. The van der Waals surface area contributed by atoms with Gasteiger partial charge in [0.1, 0.15) is 0 Å². The number of carbonyl (C=O) groups excluding carboxylic acids is 1. The normalized spacial score (nSPS) is 10.1. The number of ether oxygens (including phenoxy) is 1. The first-order valence-electron chi connectivity index (χ1n) is 4.67. The molecule has 0 aliphatic carbocycles. The van der Waals surface area contributed by atoms with Gasteiger partial charge in [-0.05, 0) is 18.6 Å². The molecule has 4 heteroatoms. The van der Waals surface area contributed by atoms with Crippen molar-refractivity contribution in [2.24, 2.45) is 0 Å². The zero-order valence-corrected chi connectivity index (χ0v) is 8.50. The van der Waals surface area contributed by atoms with Crippen molar-refractivity contribution in [3.8, 4) is 5.75 Å². The Morgan fingerprint density at radius 3 is 2.87 bits per heavy atom. The van der Waals surface area contributed by atoms with Crippen LogP contribution in [0.1, 0.15) is 23.2 Å². The van der Waals surface area contributed by atoms with Gasteiger partial charge < -0.3 is 9.84 Å². The van der Waals surface area contributed by atoms with Crippen molar-refractivity contribution in [3.05, 3.63) is 29.6 Å². The summed E-state index contributed by atoms with van der Waals surface area (Å²) in [6, 6.07) is 4.43. The number of aliphatic hydroxyl groups excluding tert-OH is 1. The third kappa shape index (κ3) is 2.76. The fourth-order valence-corrected chi connectivity index (χ4v) is 1.26. The third-order valence-electron chi connectivity index (χ3n) is 2.05. The Morgan fingerprint density at radius 2 is 2.27 bits per heavy atom. The van der Waals surface area contributed by atoms with E-state index in [1.165, 1.54) is 19.2 Å². The van der Waals surface area contributed by atoms with Crippen molar-refractivity contribution >= 4 is 5.78 Å². The minimum absolute atomic E-state index is 0.0165. The average molecular weight is 212 g/mol. The maximum atomic E-state index is 13.5. The van der Waals surface area contributed by atoms with E-state index in [4.69, 9.17) is 9.84 Å². The van der Waals surface area contributed by atoms with Crippen LogP contribution in [0.25, 0.3) is 0 Å². The zero-order chi connectivity index (χ0) is 11.3. The average Bonchev–Trinajstić information content (AvgIpc) is 2.26. The molecule has 3 nitrogen and oxygen atoms in total. The predicted octanol–water partition coefficient (Wildman–Crippen LogP) is 1.79. The molecule has 0 aliphatic rings. The Kier molecular flexibility index (Phi) is 4.24. The van der Waals surface area contributed by atoms with Crippen LogP contribution in [0.4, 0.5) is 4.39 Å². The van der Waals surface area contributed by atoms with Crippen LogP contribution in [0.3, 0.4) is 0 Å². The molecule has 0 unspecified atom stereocenters. The second-order valence-corrected chi connectivity index (χ2v) is 3.07. The van der Waals surface area contributed by atoms with Crippen LogP contribution in [-0.4, -0.2) is 24.6 Å². The van der Waals surface area contributed by atoms with Crippen molar-refractivity contribution in [1.82, 2.24) is 0 Å². The number of aliphatic hydroxyl groups is 1. The topological polar surface area (TPSA) is 46.5 Å². The number of rotatable bonds is 5. The van der Waals surface area contributed by atoms with E-state index in [1.807, 2.05) is 0 Å². The molecule has 82 valence electrons. The maximum absolute atomic E-state index is 13.5. The monoisotopic (exact) mass is 212 g/mol. The standard InChI is InChI=1S/C11H13FO3/c1-15-10-6-2-4-8(11(10)12)9(14)5-3-7-13/h2,4,6,13H,3,5,7H2,1H3. The molecule has 0 saturated heterocycles. The smallest absolute Gasteiger partial charge is 0.175 e. The van der Waals surface area contributed by atoms with Crippen LogP contribution in [0.5, 0.6) is 5.75 Å². The Balaban J connectivity index is 2.89. The van der Waals surface area contributed by atoms with E-state index in [1.54, 1.807) is 6.07 Å². The van der Waals surface area contributed by atoms with Gasteiger partial charge in [0, 0.05) is 13.0 Å². The number of methoxy groups -OCH3 is 1. The summed E-state index contributed by atoms with van der Waals surface area (Å²) in [5.41, 5.74) is 0.0165. The van der Waals surface area contributed by atoms with Crippen molar-refractivity contribution in [2.45, 2.75) is 12.8 Å². The summed E-state index contributed by atoms with van der Waals surface area (Å²) in [5, 5.41) is 8.56. The highest BCUT2D eigenvalue weighted by Crippen LogP contribution is 2.21. The molecular weight excluding hydrogens is 199 g/mol. The highest BCUT2D eigenvalue weighted by molar-refractivity contribution is 5.96. The van der Waals surface area contributed by atoms with Gasteiger partial charge >= 0.3 is 0 Å². The van der Waals surface area contributed by atoms with E-state index in [-0.39, 0.29) is 30.1 Å². The molecule has 0 bridgehead atoms. The number of Topliss-reactive ketones (excluding diaryl/α,β-unsaturated/α-hetero) is 1. The van der Waals surface area contributed by atoms with Gasteiger partial charge in [-0.2, -0.15) is 0 Å². The number of hydrogen-bond donors (Lipinski definition) is 1. The van der Waals surface area contributed by atoms with Crippen LogP contribution in [-0.2, 0) is 0 Å². The first-order valence-corrected chi connectivity index (χ1v) is 4.67. The van der Waals surface area contributed by atoms with Gasteiger partial charge in [-0.1, -0.05) is 6.07 Å². The minimum Gasteiger partial charge on any atom is -0.494 e. The van der Waals surface area contributed by atoms with Gasteiger partial charge in [0.25, 0.3) is 0 Å². The molecule has 1 N–H and O–H groups in total. The molecule has 1 aromatic rings. The second-order valence-electron chi connectivity index (χ2n) is 3.07. The van der Waals surface area contributed by atoms with E-state index < -0.39 is 5.82 Å². The van der Waals surface area contributed by atoms with Crippen LogP contribution >= 0.6 is 0 Å². The lowest BCUT2D eigenvalue weighted by Crippen LogP contribution is -2.04. The summed E-state index contributed by atoms with van der Waals surface area (Å²) < 4.78 is 18.3. The fourth-order valence-electron chi connectivity index (χ4n) is 1.26. The first-order chi connectivity index (χ1) is 7.20. The van der Waals surface area contributed by atoms with Gasteiger partial charge in [0.05, 0.1) is 12.7 Å². The third-order valence-corrected chi connectivity index (χ3v) is 2.05. The second kappa shape index (κ2) is 5.46. The molecule has 0 radical (unpaired) electrons. The van der Waals surface area contributed by atoms with Crippen LogP contribution < -0.4 is 4.74 Å². The van der Waals surface area contributed by atoms with Gasteiger partial charge in [-0.15, -0.1) is 0 Å². The molecule has 0 heterocycles. The summed E-state index contributed by atoms with van der Waals surface area (Å²) in [6.07, 6.45) is 0.482. The molecule has 0 fully saturated rings. The van der Waals surface area contributed by atoms with E-state index in [0.29, 0.717) is 6.42 Å². The number of carbonyl (C=O) groups is 1. The van der Waals surface area contributed by atoms with Crippen molar-refractivity contribution in [3.63, 3.8) is 0 Å². The lowest BCUT2D eigenvalue weighted by Gasteiger charge is -2.05. The number of benzene rings is 1. The van der Waals surface area contributed by atoms with Gasteiger partial charge in [0.15, 0.2) is 17.3 Å². The number of hydrogen-bond acceptors (Lipinski definition) is 3. The van der Waals surface area contributed by atoms with Gasteiger partial charge in [-0.3, -0.25) is 4.79 Å². The molecule has 15 heavy (non-hydrogen) atoms. The first kappa shape index (κ1) is 11.7. The fraction of sp³-hybridized carbons (Fsp3) is 0.364. The highest BCUT2D eigenvalue weighted by atomic mass is 19.1. The molecule has 0 aliphatic heterocycles. The summed E-state index contributed by atoms with van der Waals surface area (Å²) >= 11 is 0. The predicted molar refractivity (Wildman–Crippen MR) is 53.6 cm³/mol. The van der Waals surface area contributed by atoms with E-state index in [2.05, 4.69) is 0 Å². The van der Waals surface area contributed by atoms with Crippen LogP contribution in [0.15, 0.2) is 18.2 Å². The van der Waals surface area contributed by atoms with Crippen molar-refractivity contribution in [1.29, 1.82) is 0 Å². The van der Waals surface area contributed by atoms with E-state index >= 15 is 0 Å². The number of halogens is 1. The highest BCUT2D eigenvalue weighted by Gasteiger charge is 2.14. The summed E-state index contributed by atoms with van der Waals surface area (Å²) in [6.45, 7) is -0.0721. The summed E-state index contributed by atoms with van der Waals surface area (Å²) in [5.74, 6) is -0.895. The zero-order valence-electron chi connectivity index (χ0n) is 8.50. The van der Waals surface area contributed by atoms with Crippen molar-refractivity contribution < 1.29 is 19.0 Å². The van der Waals surface area contributed by atoms with Gasteiger partial charge in [0.2, 0.25) is 0 Å². The van der Waals surface area contributed by atoms with E-state index in [9.17, 15) is 9.18 Å². The molecule has 0 spiro atoms. The molecule has 0 atom stereocenters. The lowest BCUT2D eigenvalue weighted by molar-refractivity contribution is 0.0966. The van der Waals surface area contributed by atoms with Crippen LogP contribution in [0.2, 0.25) is 0 Å². The Labute approximate surface area is 87.5 Å². The molecule has 0 saturated carbocycles. The molecule has 0 amide bonds. The lowest BCUT2D eigenvalue weighted by atomic mass is 10.1. The number of ketones is 1. The van der Waals surface area contributed by atoms with Crippen molar-refractivity contribution in [2.75, 3.05) is 13.7 Å². The molecule has 1 aromatic carbocycles. The quantitative estimate of drug-likeness (QED) is 0.757. The maximum Gasteiger partial charge on any atom is 0.175 e. The van der Waals surface area contributed by atoms with E-state index in [0.717, 1.165) is 0 Å². The molecule has 0 aromatic heterocycles. The largest absolute Gasteiger partial charge is 0.494 e. The SMILES string of the molecule is COc1cccc(C(=O)CCCO)c1F. The van der Waals surface area contributed by atoms with Crippen LogP contribution in [0, 0.1) is 5.82 Å². The Hall–Kier alpha value is -1.42. The molecule has 1 rings (SSSR count). The summed E-state index contributed by atoms with van der Waals surface area (Å²) in [4.78, 5) is 11.5. The summed E-state index contributed by atoms with van der Waals surface area (Å²) in [7, 11) is 1.35. The van der Waals surface area contributed by atoms with Gasteiger partial charge in [-0.25, -0.2) is 4.39 Å².